The molecule has 1 heterocycles. The first-order chi connectivity index (χ1) is 9.40. The molecule has 1 atom stereocenters. The molecule has 3 N–H and O–H groups in total. The Balaban J connectivity index is 2.28. The predicted molar refractivity (Wildman–Crippen MR) is 81.5 cm³/mol. The van der Waals surface area contributed by atoms with E-state index in [2.05, 4.69) is 25.6 Å². The molecule has 0 saturated heterocycles. The first-order valence-electron chi connectivity index (χ1n) is 5.87. The predicted octanol–water partition coefficient (Wildman–Crippen LogP) is 2.47. The van der Waals surface area contributed by atoms with Crippen molar-refractivity contribution in [3.63, 3.8) is 0 Å². The Hall–Kier alpha value is -1.44. The number of halogens is 1. The van der Waals surface area contributed by atoms with Crippen LogP contribution in [0.5, 0.6) is 0 Å². The van der Waals surface area contributed by atoms with Gasteiger partial charge in [0, 0.05) is 22.9 Å². The fourth-order valence-corrected chi connectivity index (χ4v) is 3.50. The van der Waals surface area contributed by atoms with E-state index < -0.39 is 10.0 Å². The number of nitrogens with one attached hydrogen (secondary N) is 1. The number of benzene rings is 1. The number of aromatic nitrogens is 1. The maximum Gasteiger partial charge on any atom is 0.243 e. The molecule has 1 aromatic carbocycles. The summed E-state index contributed by atoms with van der Waals surface area (Å²) in [4.78, 5) is 3.97. The van der Waals surface area contributed by atoms with E-state index >= 15 is 0 Å². The van der Waals surface area contributed by atoms with Crippen molar-refractivity contribution < 1.29 is 8.42 Å². The van der Waals surface area contributed by atoms with E-state index in [1.54, 1.807) is 43.6 Å². The summed E-state index contributed by atoms with van der Waals surface area (Å²) in [6.07, 6.45) is 3.24. The summed E-state index contributed by atoms with van der Waals surface area (Å²) in [5.41, 5.74) is 6.80. The minimum absolute atomic E-state index is 0.0709. The van der Waals surface area contributed by atoms with Crippen molar-refractivity contribution in [2.75, 3.05) is 5.73 Å². The third-order valence-corrected chi connectivity index (χ3v) is 4.91. The number of pyridine rings is 1. The molecule has 0 amide bonds. The van der Waals surface area contributed by atoms with Crippen molar-refractivity contribution in [1.82, 2.24) is 9.71 Å². The average Bonchev–Trinajstić information content (AvgIpc) is 2.38. The smallest absolute Gasteiger partial charge is 0.243 e. The highest BCUT2D eigenvalue weighted by molar-refractivity contribution is 9.10. The Morgan fingerprint density at radius 2 is 1.90 bits per heavy atom. The number of anilines is 1. The van der Waals surface area contributed by atoms with E-state index in [0.29, 0.717) is 0 Å². The molecule has 1 unspecified atom stereocenters. The molecular formula is C13H14BrN3O2S. The van der Waals surface area contributed by atoms with Crippen molar-refractivity contribution in [3.8, 4) is 0 Å². The topological polar surface area (TPSA) is 85.1 Å². The normalized spacial score (nSPS) is 13.1. The van der Waals surface area contributed by atoms with E-state index in [0.717, 1.165) is 10.0 Å². The highest BCUT2D eigenvalue weighted by Gasteiger charge is 2.20. The van der Waals surface area contributed by atoms with Gasteiger partial charge in [0.15, 0.2) is 0 Å². The summed E-state index contributed by atoms with van der Waals surface area (Å²) in [7, 11) is -3.67. The molecule has 0 aliphatic rings. The number of nitrogens with two attached hydrogens (primary N) is 1. The second kappa shape index (κ2) is 5.90. The molecule has 0 aliphatic heterocycles. The van der Waals surface area contributed by atoms with E-state index in [1.165, 1.54) is 6.07 Å². The Labute approximate surface area is 126 Å². The molecular weight excluding hydrogens is 342 g/mol. The van der Waals surface area contributed by atoms with Crippen LogP contribution in [0.1, 0.15) is 18.5 Å². The number of hydrogen-bond acceptors (Lipinski definition) is 4. The van der Waals surface area contributed by atoms with Crippen LogP contribution >= 0.6 is 15.9 Å². The number of nitrogen functional groups attached to an aromatic ring is 1. The van der Waals surface area contributed by atoms with E-state index in [-0.39, 0.29) is 16.6 Å². The van der Waals surface area contributed by atoms with Gasteiger partial charge in [-0.05, 0) is 42.8 Å². The molecule has 2 rings (SSSR count). The molecule has 0 bridgehead atoms. The molecule has 0 radical (unpaired) electrons. The van der Waals surface area contributed by atoms with Gasteiger partial charge in [-0.3, -0.25) is 4.98 Å². The quantitative estimate of drug-likeness (QED) is 0.825. The second-order valence-corrected chi connectivity index (χ2v) is 6.90. The summed E-state index contributed by atoms with van der Waals surface area (Å²) >= 11 is 3.25. The number of hydrogen-bond donors (Lipinski definition) is 2. The van der Waals surface area contributed by atoms with Crippen LogP contribution in [0, 0.1) is 0 Å². The van der Waals surface area contributed by atoms with Gasteiger partial charge in [-0.15, -0.1) is 0 Å². The standard InChI is InChI=1S/C13H14BrN3O2S/c1-9(10-4-6-16-7-5-10)17-20(18,19)13-3-2-11(14)8-12(13)15/h2-9,17H,15H2,1H3. The maximum atomic E-state index is 12.3. The molecule has 0 saturated carbocycles. The molecule has 20 heavy (non-hydrogen) atoms. The minimum Gasteiger partial charge on any atom is -0.398 e. The maximum absolute atomic E-state index is 12.3. The first kappa shape index (κ1) is 15.0. The average molecular weight is 356 g/mol. The van der Waals surface area contributed by atoms with Crippen molar-refractivity contribution in [2.45, 2.75) is 17.9 Å². The molecule has 1 aromatic heterocycles. The van der Waals surface area contributed by atoms with Gasteiger partial charge >= 0.3 is 0 Å². The lowest BCUT2D eigenvalue weighted by Gasteiger charge is -2.15. The Kier molecular flexibility index (Phi) is 4.42. The third kappa shape index (κ3) is 3.36. The summed E-state index contributed by atoms with van der Waals surface area (Å²) in [6, 6.07) is 7.83. The van der Waals surface area contributed by atoms with Crippen molar-refractivity contribution >= 4 is 31.6 Å². The lowest BCUT2D eigenvalue weighted by molar-refractivity contribution is 0.567. The zero-order valence-corrected chi connectivity index (χ0v) is 13.1. The van der Waals surface area contributed by atoms with Crippen molar-refractivity contribution in [1.29, 1.82) is 0 Å². The summed E-state index contributed by atoms with van der Waals surface area (Å²) < 4.78 is 28.0. The molecule has 0 spiro atoms. The van der Waals surface area contributed by atoms with Gasteiger partial charge in [0.2, 0.25) is 10.0 Å². The van der Waals surface area contributed by atoms with Crippen LogP contribution in [0.25, 0.3) is 0 Å². The summed E-state index contributed by atoms with van der Waals surface area (Å²) in [5.74, 6) is 0. The zero-order chi connectivity index (χ0) is 14.8. The SMILES string of the molecule is CC(NS(=O)(=O)c1ccc(Br)cc1N)c1ccncc1. The monoisotopic (exact) mass is 355 g/mol. The Morgan fingerprint density at radius 3 is 2.50 bits per heavy atom. The second-order valence-electron chi connectivity index (χ2n) is 4.31. The fraction of sp³-hybridized carbons (Fsp3) is 0.154. The zero-order valence-electron chi connectivity index (χ0n) is 10.7. The van der Waals surface area contributed by atoms with Crippen LogP contribution < -0.4 is 10.5 Å². The number of nitrogens with zero attached hydrogens (tertiary/aromatic N) is 1. The van der Waals surface area contributed by atoms with Crippen LogP contribution in [0.3, 0.4) is 0 Å². The van der Waals surface area contributed by atoms with Crippen LogP contribution in [-0.2, 0) is 10.0 Å². The summed E-state index contributed by atoms with van der Waals surface area (Å²) in [5, 5.41) is 0. The van der Waals surface area contributed by atoms with Crippen LogP contribution in [-0.4, -0.2) is 13.4 Å². The molecule has 0 aliphatic carbocycles. The highest BCUT2D eigenvalue weighted by atomic mass is 79.9. The molecule has 7 heteroatoms. The van der Waals surface area contributed by atoms with Gasteiger partial charge in [0.25, 0.3) is 0 Å². The van der Waals surface area contributed by atoms with E-state index in [9.17, 15) is 8.42 Å². The summed E-state index contributed by atoms with van der Waals surface area (Å²) in [6.45, 7) is 1.77. The minimum atomic E-state index is -3.67. The third-order valence-electron chi connectivity index (χ3n) is 2.80. The molecule has 0 fully saturated rings. The Bertz CT molecular complexity index is 705. The molecule has 2 aromatic rings. The van der Waals surface area contributed by atoms with Crippen LogP contribution in [0.4, 0.5) is 5.69 Å². The van der Waals surface area contributed by atoms with Gasteiger partial charge in [-0.25, -0.2) is 13.1 Å². The number of sulfonamides is 1. The van der Waals surface area contributed by atoms with Crippen molar-refractivity contribution in [2.24, 2.45) is 0 Å². The van der Waals surface area contributed by atoms with Gasteiger partial charge in [-0.1, -0.05) is 15.9 Å². The van der Waals surface area contributed by atoms with Crippen LogP contribution in [0.15, 0.2) is 52.1 Å². The van der Waals surface area contributed by atoms with Gasteiger partial charge < -0.3 is 5.73 Å². The fourth-order valence-electron chi connectivity index (χ4n) is 1.78. The van der Waals surface area contributed by atoms with Gasteiger partial charge in [0.1, 0.15) is 4.90 Å². The van der Waals surface area contributed by atoms with Crippen molar-refractivity contribution in [3.05, 3.63) is 52.8 Å². The van der Waals surface area contributed by atoms with Gasteiger partial charge in [0.05, 0.1) is 5.69 Å². The molecule has 106 valence electrons. The lowest BCUT2D eigenvalue weighted by atomic mass is 10.1. The Morgan fingerprint density at radius 1 is 1.25 bits per heavy atom. The van der Waals surface area contributed by atoms with Gasteiger partial charge in [-0.2, -0.15) is 0 Å². The lowest BCUT2D eigenvalue weighted by Crippen LogP contribution is -2.27. The van der Waals surface area contributed by atoms with E-state index in [4.69, 9.17) is 5.73 Å². The largest absolute Gasteiger partial charge is 0.398 e. The van der Waals surface area contributed by atoms with Crippen LogP contribution in [0.2, 0.25) is 0 Å². The number of rotatable bonds is 4. The molecule has 5 nitrogen and oxygen atoms in total. The van der Waals surface area contributed by atoms with E-state index in [1.807, 2.05) is 0 Å². The first-order valence-corrected chi connectivity index (χ1v) is 8.15. The highest BCUT2D eigenvalue weighted by Crippen LogP contribution is 2.24.